The second kappa shape index (κ2) is 2.76. The highest BCUT2D eigenvalue weighted by molar-refractivity contribution is 4.90. The van der Waals surface area contributed by atoms with E-state index >= 15 is 0 Å². The summed E-state index contributed by atoms with van der Waals surface area (Å²) in [6.45, 7) is 3.46. The number of nitrogens with zero attached hydrogens (tertiary/aromatic N) is 1. The maximum absolute atomic E-state index is 5.91. The van der Waals surface area contributed by atoms with Crippen molar-refractivity contribution in [2.24, 2.45) is 17.7 Å². The minimum atomic E-state index is 0.721. The molecule has 3 atom stereocenters. The van der Waals surface area contributed by atoms with Crippen molar-refractivity contribution in [3.63, 3.8) is 0 Å². The van der Waals surface area contributed by atoms with E-state index in [1.807, 2.05) is 0 Å². The molecule has 2 aliphatic rings. The summed E-state index contributed by atoms with van der Waals surface area (Å²) in [5, 5.41) is 2.08. The predicted octanol–water partition coefficient (Wildman–Crippen LogP) is 1.37. The summed E-state index contributed by atoms with van der Waals surface area (Å²) in [7, 11) is 0. The maximum atomic E-state index is 5.91. The first-order valence-electron chi connectivity index (χ1n) is 4.80. The Labute approximate surface area is 68.7 Å². The molecule has 64 valence electrons. The number of hydrogen-bond acceptors (Lipinski definition) is 2. The molecule has 0 aromatic heterocycles. The highest BCUT2D eigenvalue weighted by Gasteiger charge is 2.38. The fourth-order valence-corrected chi connectivity index (χ4v) is 2.82. The van der Waals surface area contributed by atoms with Crippen molar-refractivity contribution >= 4 is 0 Å². The van der Waals surface area contributed by atoms with Crippen molar-refractivity contribution < 1.29 is 0 Å². The molecule has 0 aromatic rings. The average molecular weight is 154 g/mol. The molecule has 3 unspecified atom stereocenters. The fraction of sp³-hybridized carbons (Fsp3) is 1.00. The molecule has 2 rings (SSSR count). The zero-order valence-electron chi connectivity index (χ0n) is 7.29. The summed E-state index contributed by atoms with van der Waals surface area (Å²) in [4.78, 5) is 0. The molecule has 1 aliphatic carbocycles. The molecule has 2 heteroatoms. The highest BCUT2D eigenvalue weighted by Crippen LogP contribution is 2.37. The number of rotatable bonds is 0. The van der Waals surface area contributed by atoms with Crippen molar-refractivity contribution in [3.05, 3.63) is 0 Å². The van der Waals surface area contributed by atoms with Crippen molar-refractivity contribution in [3.8, 4) is 0 Å². The zero-order valence-corrected chi connectivity index (χ0v) is 7.29. The Morgan fingerprint density at radius 2 is 2.00 bits per heavy atom. The van der Waals surface area contributed by atoms with Gasteiger partial charge in [0.25, 0.3) is 0 Å². The van der Waals surface area contributed by atoms with E-state index in [0.29, 0.717) is 0 Å². The molecule has 1 saturated carbocycles. The van der Waals surface area contributed by atoms with Crippen LogP contribution in [0.3, 0.4) is 0 Å². The van der Waals surface area contributed by atoms with Gasteiger partial charge >= 0.3 is 0 Å². The van der Waals surface area contributed by atoms with Gasteiger partial charge in [-0.1, -0.05) is 19.8 Å². The number of hydrazine groups is 1. The second-order valence-electron chi connectivity index (χ2n) is 4.19. The van der Waals surface area contributed by atoms with Crippen LogP contribution >= 0.6 is 0 Å². The van der Waals surface area contributed by atoms with Gasteiger partial charge in [-0.2, -0.15) is 0 Å². The number of hydrogen-bond donors (Lipinski definition) is 1. The molecule has 0 aromatic carbocycles. The lowest BCUT2D eigenvalue weighted by atomic mass is 9.81. The Hall–Kier alpha value is -0.0800. The van der Waals surface area contributed by atoms with E-state index in [-0.39, 0.29) is 0 Å². The Bertz CT molecular complexity index is 130. The van der Waals surface area contributed by atoms with Crippen LogP contribution in [0.4, 0.5) is 0 Å². The van der Waals surface area contributed by atoms with Crippen LogP contribution in [0.1, 0.15) is 32.6 Å². The topological polar surface area (TPSA) is 29.3 Å². The zero-order chi connectivity index (χ0) is 7.84. The standard InChI is InChI=1S/C9H18N2/c1-7-6-11(10)9-5-3-2-4-8(7)9/h7-9H,2-6,10H2,1H3. The summed E-state index contributed by atoms with van der Waals surface area (Å²) >= 11 is 0. The van der Waals surface area contributed by atoms with Crippen molar-refractivity contribution in [2.45, 2.75) is 38.6 Å². The molecule has 1 heterocycles. The van der Waals surface area contributed by atoms with Crippen molar-refractivity contribution in [1.29, 1.82) is 0 Å². The summed E-state index contributed by atoms with van der Waals surface area (Å²) in [5.41, 5.74) is 0. The Kier molecular flexibility index (Phi) is 1.90. The van der Waals surface area contributed by atoms with Gasteiger partial charge in [0, 0.05) is 12.6 Å². The Morgan fingerprint density at radius 3 is 2.73 bits per heavy atom. The van der Waals surface area contributed by atoms with E-state index in [4.69, 9.17) is 5.84 Å². The minimum absolute atomic E-state index is 0.721. The SMILES string of the molecule is CC1CN(N)C2CCCCC12. The lowest BCUT2D eigenvalue weighted by molar-refractivity contribution is 0.183. The minimum Gasteiger partial charge on any atom is -0.269 e. The van der Waals surface area contributed by atoms with Crippen LogP contribution in [-0.4, -0.2) is 17.6 Å². The molecule has 11 heavy (non-hydrogen) atoms. The Morgan fingerprint density at radius 1 is 1.27 bits per heavy atom. The van der Waals surface area contributed by atoms with Gasteiger partial charge in [0.2, 0.25) is 0 Å². The van der Waals surface area contributed by atoms with E-state index in [2.05, 4.69) is 11.9 Å². The van der Waals surface area contributed by atoms with E-state index < -0.39 is 0 Å². The molecular weight excluding hydrogens is 136 g/mol. The molecule has 2 fully saturated rings. The Balaban J connectivity index is 2.07. The monoisotopic (exact) mass is 154 g/mol. The molecule has 2 nitrogen and oxygen atoms in total. The molecule has 0 amide bonds. The first-order valence-corrected chi connectivity index (χ1v) is 4.80. The highest BCUT2D eigenvalue weighted by atomic mass is 15.4. The van der Waals surface area contributed by atoms with Gasteiger partial charge in [-0.15, -0.1) is 0 Å². The first-order chi connectivity index (χ1) is 5.29. The van der Waals surface area contributed by atoms with Gasteiger partial charge in [0.05, 0.1) is 0 Å². The van der Waals surface area contributed by atoms with Gasteiger partial charge in [-0.3, -0.25) is 5.84 Å². The van der Waals surface area contributed by atoms with E-state index in [9.17, 15) is 0 Å². The van der Waals surface area contributed by atoms with Crippen molar-refractivity contribution in [1.82, 2.24) is 5.01 Å². The van der Waals surface area contributed by atoms with Crippen molar-refractivity contribution in [2.75, 3.05) is 6.54 Å². The van der Waals surface area contributed by atoms with E-state index in [1.165, 1.54) is 25.7 Å². The van der Waals surface area contributed by atoms with Gasteiger partial charge in [-0.05, 0) is 24.7 Å². The summed E-state index contributed by atoms with van der Waals surface area (Å²) < 4.78 is 0. The van der Waals surface area contributed by atoms with Gasteiger partial charge in [0.1, 0.15) is 0 Å². The van der Waals surface area contributed by atoms with Gasteiger partial charge in [-0.25, -0.2) is 5.01 Å². The predicted molar refractivity (Wildman–Crippen MR) is 45.8 cm³/mol. The van der Waals surface area contributed by atoms with Crippen LogP contribution in [0.5, 0.6) is 0 Å². The molecule has 0 spiro atoms. The molecule has 1 saturated heterocycles. The van der Waals surface area contributed by atoms with E-state index in [1.54, 1.807) is 0 Å². The van der Waals surface area contributed by atoms with Crippen LogP contribution in [-0.2, 0) is 0 Å². The van der Waals surface area contributed by atoms with Crippen LogP contribution in [0.2, 0.25) is 0 Å². The largest absolute Gasteiger partial charge is 0.269 e. The molecular formula is C9H18N2. The number of nitrogens with two attached hydrogens (primary N) is 1. The average Bonchev–Trinajstić information content (AvgIpc) is 2.30. The summed E-state index contributed by atoms with van der Waals surface area (Å²) in [6, 6.07) is 0.721. The number of fused-ring (bicyclic) bond motifs is 1. The molecule has 0 bridgehead atoms. The second-order valence-corrected chi connectivity index (χ2v) is 4.19. The van der Waals surface area contributed by atoms with Gasteiger partial charge < -0.3 is 0 Å². The normalized spacial score (nSPS) is 45.8. The van der Waals surface area contributed by atoms with Crippen LogP contribution in [0.25, 0.3) is 0 Å². The van der Waals surface area contributed by atoms with Gasteiger partial charge in [0.15, 0.2) is 0 Å². The van der Waals surface area contributed by atoms with Crippen LogP contribution in [0.15, 0.2) is 0 Å². The van der Waals surface area contributed by atoms with Crippen LogP contribution < -0.4 is 5.84 Å². The third-order valence-corrected chi connectivity index (χ3v) is 3.44. The first kappa shape index (κ1) is 7.56. The third kappa shape index (κ3) is 1.18. The molecule has 0 radical (unpaired) electrons. The lowest BCUT2D eigenvalue weighted by Gasteiger charge is -2.29. The fourth-order valence-electron chi connectivity index (χ4n) is 2.82. The third-order valence-electron chi connectivity index (χ3n) is 3.44. The lowest BCUT2D eigenvalue weighted by Crippen LogP contribution is -2.39. The smallest absolute Gasteiger partial charge is 0.0272 e. The summed E-state index contributed by atoms with van der Waals surface area (Å²) in [6.07, 6.45) is 5.58. The maximum Gasteiger partial charge on any atom is 0.0272 e. The summed E-state index contributed by atoms with van der Waals surface area (Å²) in [5.74, 6) is 7.66. The quantitative estimate of drug-likeness (QED) is 0.534. The van der Waals surface area contributed by atoms with E-state index in [0.717, 1.165) is 24.4 Å². The van der Waals surface area contributed by atoms with Crippen LogP contribution in [0, 0.1) is 11.8 Å². The molecule has 2 N–H and O–H groups in total. The molecule has 1 aliphatic heterocycles.